The molecule has 6 heteroatoms. The molecule has 1 aromatic carbocycles. The fourth-order valence-corrected chi connectivity index (χ4v) is 1.89. The Morgan fingerprint density at radius 3 is 2.43 bits per heavy atom. The van der Waals surface area contributed by atoms with E-state index >= 15 is 0 Å². The molecule has 0 amide bonds. The third-order valence-corrected chi connectivity index (χ3v) is 3.35. The van der Waals surface area contributed by atoms with Gasteiger partial charge in [-0.05, 0) is 25.5 Å². The summed E-state index contributed by atoms with van der Waals surface area (Å²) in [6, 6.07) is 4.24. The van der Waals surface area contributed by atoms with Gasteiger partial charge in [0.15, 0.2) is 0 Å². The van der Waals surface area contributed by atoms with Crippen LogP contribution in [0.15, 0.2) is 18.2 Å². The van der Waals surface area contributed by atoms with Gasteiger partial charge in [-0.25, -0.2) is 0 Å². The standard InChI is InChI=1S/C8H11N2O3P/c1-14(2,13)6-3-4-7(9)8(5-6)10(11)12/h3-5H,9H2,1-2H3. The Labute approximate surface area is 81.4 Å². The van der Waals surface area contributed by atoms with E-state index in [4.69, 9.17) is 5.73 Å². The lowest BCUT2D eigenvalue weighted by Crippen LogP contribution is -2.06. The first-order valence-electron chi connectivity index (χ1n) is 3.92. The number of hydrogen-bond donors (Lipinski definition) is 1. The van der Waals surface area contributed by atoms with Crippen LogP contribution in [-0.2, 0) is 4.57 Å². The summed E-state index contributed by atoms with van der Waals surface area (Å²) in [5.41, 5.74) is 5.30. The maximum absolute atomic E-state index is 11.6. The van der Waals surface area contributed by atoms with Crippen LogP contribution in [0.25, 0.3) is 0 Å². The quantitative estimate of drug-likeness (QED) is 0.349. The van der Waals surface area contributed by atoms with Crippen molar-refractivity contribution in [3.63, 3.8) is 0 Å². The Bertz CT molecular complexity index is 425. The summed E-state index contributed by atoms with van der Waals surface area (Å²) in [4.78, 5) is 9.96. The van der Waals surface area contributed by atoms with E-state index in [1.165, 1.54) is 12.1 Å². The number of nitro benzene ring substituents is 1. The molecule has 0 saturated carbocycles. The first-order chi connectivity index (χ1) is 6.32. The molecule has 0 radical (unpaired) electrons. The second-order valence-electron chi connectivity index (χ2n) is 3.35. The first-order valence-corrected chi connectivity index (χ1v) is 6.52. The van der Waals surface area contributed by atoms with Gasteiger partial charge in [0.1, 0.15) is 12.8 Å². The Kier molecular flexibility index (Phi) is 2.62. The minimum absolute atomic E-state index is 0.0900. The predicted octanol–water partition coefficient (Wildman–Crippen LogP) is 1.42. The van der Waals surface area contributed by atoms with Crippen LogP contribution in [-0.4, -0.2) is 18.3 Å². The third kappa shape index (κ3) is 2.12. The fourth-order valence-electron chi connectivity index (χ4n) is 1.03. The summed E-state index contributed by atoms with van der Waals surface area (Å²) in [7, 11) is -2.46. The van der Waals surface area contributed by atoms with Crippen molar-refractivity contribution in [3.05, 3.63) is 28.3 Å². The Morgan fingerprint density at radius 2 is 2.00 bits per heavy atom. The molecule has 0 heterocycles. The highest BCUT2D eigenvalue weighted by molar-refractivity contribution is 7.70. The lowest BCUT2D eigenvalue weighted by Gasteiger charge is -2.06. The number of nitrogen functional groups attached to an aromatic ring is 1. The average Bonchev–Trinajstić information content (AvgIpc) is 2.02. The maximum atomic E-state index is 11.6. The normalized spacial score (nSPS) is 11.3. The van der Waals surface area contributed by atoms with Crippen molar-refractivity contribution < 1.29 is 9.49 Å². The minimum Gasteiger partial charge on any atom is -0.393 e. The molecule has 5 nitrogen and oxygen atoms in total. The van der Waals surface area contributed by atoms with E-state index in [9.17, 15) is 14.7 Å². The second-order valence-corrected chi connectivity index (χ2v) is 6.57. The molecule has 0 aromatic heterocycles. The van der Waals surface area contributed by atoms with E-state index in [2.05, 4.69) is 0 Å². The van der Waals surface area contributed by atoms with Gasteiger partial charge in [-0.15, -0.1) is 0 Å². The van der Waals surface area contributed by atoms with Crippen molar-refractivity contribution in [1.29, 1.82) is 0 Å². The highest BCUT2D eigenvalue weighted by Crippen LogP contribution is 2.36. The largest absolute Gasteiger partial charge is 0.393 e. The molecule has 2 N–H and O–H groups in total. The maximum Gasteiger partial charge on any atom is 0.292 e. The summed E-state index contributed by atoms with van der Waals surface area (Å²) in [5.74, 6) is 0. The highest BCUT2D eigenvalue weighted by Gasteiger charge is 2.17. The molecular formula is C8H11N2O3P. The van der Waals surface area contributed by atoms with Gasteiger partial charge in [0, 0.05) is 11.4 Å². The SMILES string of the molecule is CP(C)(=O)c1ccc(N)c([N+](=O)[O-])c1. The van der Waals surface area contributed by atoms with Crippen LogP contribution in [0, 0.1) is 10.1 Å². The summed E-state index contributed by atoms with van der Waals surface area (Å²) < 4.78 is 11.6. The lowest BCUT2D eigenvalue weighted by atomic mass is 10.3. The van der Waals surface area contributed by atoms with Crippen LogP contribution in [0.3, 0.4) is 0 Å². The Hall–Kier alpha value is -1.35. The van der Waals surface area contributed by atoms with Crippen LogP contribution >= 0.6 is 7.14 Å². The highest BCUT2D eigenvalue weighted by atomic mass is 31.2. The van der Waals surface area contributed by atoms with Gasteiger partial charge in [-0.3, -0.25) is 10.1 Å². The van der Waals surface area contributed by atoms with E-state index < -0.39 is 12.1 Å². The summed E-state index contributed by atoms with van der Waals surface area (Å²) >= 11 is 0. The molecular weight excluding hydrogens is 203 g/mol. The number of hydrogen-bond acceptors (Lipinski definition) is 4. The summed E-state index contributed by atoms with van der Waals surface area (Å²) in [6.07, 6.45) is 0. The van der Waals surface area contributed by atoms with Crippen LogP contribution in [0.4, 0.5) is 11.4 Å². The minimum atomic E-state index is -2.46. The third-order valence-electron chi connectivity index (χ3n) is 1.83. The Balaban J connectivity index is 3.34. The molecule has 0 spiro atoms. The van der Waals surface area contributed by atoms with Gasteiger partial charge in [0.2, 0.25) is 0 Å². The number of benzene rings is 1. The average molecular weight is 214 g/mol. The smallest absolute Gasteiger partial charge is 0.292 e. The number of anilines is 1. The van der Waals surface area contributed by atoms with Crippen molar-refractivity contribution in [2.45, 2.75) is 0 Å². The monoisotopic (exact) mass is 214 g/mol. The molecule has 14 heavy (non-hydrogen) atoms. The van der Waals surface area contributed by atoms with Crippen LogP contribution in [0.5, 0.6) is 0 Å². The molecule has 76 valence electrons. The van der Waals surface area contributed by atoms with Crippen LogP contribution in [0.2, 0.25) is 0 Å². The number of nitro groups is 1. The van der Waals surface area contributed by atoms with Crippen molar-refractivity contribution in [2.24, 2.45) is 0 Å². The summed E-state index contributed by atoms with van der Waals surface area (Å²) in [5, 5.41) is 11.0. The van der Waals surface area contributed by atoms with Gasteiger partial charge in [-0.2, -0.15) is 0 Å². The van der Waals surface area contributed by atoms with Crippen molar-refractivity contribution >= 4 is 23.8 Å². The molecule has 0 saturated heterocycles. The van der Waals surface area contributed by atoms with Gasteiger partial charge < -0.3 is 10.3 Å². The van der Waals surface area contributed by atoms with Crippen molar-refractivity contribution in [3.8, 4) is 0 Å². The van der Waals surface area contributed by atoms with Crippen molar-refractivity contribution in [1.82, 2.24) is 0 Å². The number of nitrogens with two attached hydrogens (primary N) is 1. The molecule has 1 rings (SSSR count). The number of nitrogens with zero attached hydrogens (tertiary/aromatic N) is 1. The van der Waals surface area contributed by atoms with E-state index in [-0.39, 0.29) is 11.4 Å². The molecule has 1 aromatic rings. The van der Waals surface area contributed by atoms with Crippen LogP contribution < -0.4 is 11.0 Å². The molecule has 0 bridgehead atoms. The molecule has 0 atom stereocenters. The zero-order chi connectivity index (χ0) is 10.9. The topological polar surface area (TPSA) is 86.2 Å². The van der Waals surface area contributed by atoms with Gasteiger partial charge in [-0.1, -0.05) is 0 Å². The lowest BCUT2D eigenvalue weighted by molar-refractivity contribution is -0.383. The molecule has 0 aliphatic heterocycles. The molecule has 0 aliphatic carbocycles. The fraction of sp³-hybridized carbons (Fsp3) is 0.250. The van der Waals surface area contributed by atoms with E-state index in [0.717, 1.165) is 0 Å². The van der Waals surface area contributed by atoms with Gasteiger partial charge >= 0.3 is 0 Å². The van der Waals surface area contributed by atoms with Crippen LogP contribution in [0.1, 0.15) is 0 Å². The zero-order valence-electron chi connectivity index (χ0n) is 7.93. The summed E-state index contributed by atoms with van der Waals surface area (Å²) in [6.45, 7) is 3.12. The molecule has 0 fully saturated rings. The number of rotatable bonds is 2. The van der Waals surface area contributed by atoms with Crippen molar-refractivity contribution in [2.75, 3.05) is 19.1 Å². The Morgan fingerprint density at radius 1 is 1.43 bits per heavy atom. The predicted molar refractivity (Wildman–Crippen MR) is 56.6 cm³/mol. The zero-order valence-corrected chi connectivity index (χ0v) is 8.82. The van der Waals surface area contributed by atoms with E-state index in [0.29, 0.717) is 5.30 Å². The first kappa shape index (κ1) is 10.7. The van der Waals surface area contributed by atoms with E-state index in [1.807, 2.05) is 0 Å². The van der Waals surface area contributed by atoms with Gasteiger partial charge in [0.05, 0.1) is 4.92 Å². The molecule has 0 unspecified atom stereocenters. The molecule has 0 aliphatic rings. The second kappa shape index (κ2) is 3.42. The van der Waals surface area contributed by atoms with E-state index in [1.54, 1.807) is 19.4 Å². The van der Waals surface area contributed by atoms with Gasteiger partial charge in [0.25, 0.3) is 5.69 Å².